The minimum Gasteiger partial charge on any atom is -0.481 e. The first-order valence-electron chi connectivity index (χ1n) is 5.45. The number of ether oxygens (including phenoxy) is 1. The molecule has 0 saturated carbocycles. The lowest BCUT2D eigenvalue weighted by atomic mass is 9.99. The molecule has 1 aliphatic rings. The van der Waals surface area contributed by atoms with Crippen molar-refractivity contribution in [1.29, 1.82) is 0 Å². The van der Waals surface area contributed by atoms with E-state index in [-0.39, 0.29) is 11.8 Å². The summed E-state index contributed by atoms with van der Waals surface area (Å²) in [6.45, 7) is 3.12. The Hall–Kier alpha value is -1.85. The zero-order valence-corrected chi connectivity index (χ0v) is 9.83. The molecule has 17 heavy (non-hydrogen) atoms. The van der Waals surface area contributed by atoms with Gasteiger partial charge in [-0.25, -0.2) is 9.97 Å². The van der Waals surface area contributed by atoms with E-state index in [2.05, 4.69) is 9.97 Å². The van der Waals surface area contributed by atoms with E-state index in [1.54, 1.807) is 13.2 Å². The van der Waals surface area contributed by atoms with Crippen LogP contribution in [0.15, 0.2) is 12.4 Å². The number of methoxy groups -OCH3 is 1. The smallest absolute Gasteiger partial charge is 0.308 e. The molecular weight excluding hydrogens is 222 g/mol. The maximum Gasteiger partial charge on any atom is 0.308 e. The Morgan fingerprint density at radius 3 is 2.88 bits per heavy atom. The minimum atomic E-state index is -0.749. The summed E-state index contributed by atoms with van der Waals surface area (Å²) in [5, 5.41) is 9.06. The molecular formula is C11H15N3O3. The number of anilines is 1. The quantitative estimate of drug-likeness (QED) is 0.831. The molecule has 0 bridgehead atoms. The summed E-state index contributed by atoms with van der Waals surface area (Å²) in [7, 11) is 1.54. The molecule has 0 spiro atoms. The highest BCUT2D eigenvalue weighted by atomic mass is 16.5. The van der Waals surface area contributed by atoms with Gasteiger partial charge in [0, 0.05) is 19.2 Å². The average molecular weight is 237 g/mol. The number of carboxylic acids is 1. The van der Waals surface area contributed by atoms with Crippen LogP contribution in [0.2, 0.25) is 0 Å². The van der Waals surface area contributed by atoms with Gasteiger partial charge in [0.1, 0.15) is 12.1 Å². The Balaban J connectivity index is 2.16. The molecule has 0 unspecified atom stereocenters. The van der Waals surface area contributed by atoms with Crippen molar-refractivity contribution in [2.45, 2.75) is 6.92 Å². The van der Waals surface area contributed by atoms with Crippen molar-refractivity contribution in [3.63, 3.8) is 0 Å². The van der Waals surface area contributed by atoms with E-state index in [0.717, 1.165) is 0 Å². The number of aromatic nitrogens is 2. The van der Waals surface area contributed by atoms with Crippen LogP contribution < -0.4 is 9.64 Å². The van der Waals surface area contributed by atoms with E-state index in [9.17, 15) is 4.79 Å². The Bertz CT molecular complexity index is 424. The van der Waals surface area contributed by atoms with Crippen molar-refractivity contribution in [3.8, 4) is 5.88 Å². The van der Waals surface area contributed by atoms with E-state index in [1.165, 1.54) is 6.33 Å². The summed E-state index contributed by atoms with van der Waals surface area (Å²) < 4.78 is 5.02. The molecule has 0 radical (unpaired) electrons. The molecule has 6 heteroatoms. The lowest BCUT2D eigenvalue weighted by Gasteiger charge is -2.16. The summed E-state index contributed by atoms with van der Waals surface area (Å²) >= 11 is 0. The van der Waals surface area contributed by atoms with Crippen LogP contribution in [0.1, 0.15) is 6.92 Å². The molecule has 0 aliphatic carbocycles. The summed E-state index contributed by atoms with van der Waals surface area (Å²) in [6, 6.07) is 1.72. The number of hydrogen-bond donors (Lipinski definition) is 1. The van der Waals surface area contributed by atoms with Gasteiger partial charge in [0.15, 0.2) is 0 Å². The minimum absolute atomic E-state index is 0.119. The van der Waals surface area contributed by atoms with Gasteiger partial charge in [0.05, 0.1) is 13.0 Å². The SMILES string of the molecule is COc1cc(N2C[C@@H](C)[C@H](C(=O)O)C2)ncn1. The largest absolute Gasteiger partial charge is 0.481 e. The van der Waals surface area contributed by atoms with Gasteiger partial charge >= 0.3 is 5.97 Å². The van der Waals surface area contributed by atoms with E-state index >= 15 is 0 Å². The fourth-order valence-corrected chi connectivity index (χ4v) is 2.09. The van der Waals surface area contributed by atoms with Crippen LogP contribution in [0.25, 0.3) is 0 Å². The fraction of sp³-hybridized carbons (Fsp3) is 0.545. The number of carbonyl (C=O) groups is 1. The van der Waals surface area contributed by atoms with Crippen molar-refractivity contribution in [2.24, 2.45) is 11.8 Å². The Morgan fingerprint density at radius 1 is 1.53 bits per heavy atom. The highest BCUT2D eigenvalue weighted by Crippen LogP contribution is 2.27. The first-order valence-corrected chi connectivity index (χ1v) is 5.45. The molecule has 1 saturated heterocycles. The van der Waals surface area contributed by atoms with Gasteiger partial charge < -0.3 is 14.7 Å². The molecule has 1 fully saturated rings. The molecule has 1 N–H and O–H groups in total. The lowest BCUT2D eigenvalue weighted by Crippen LogP contribution is -2.23. The van der Waals surface area contributed by atoms with Crippen molar-refractivity contribution >= 4 is 11.8 Å². The van der Waals surface area contributed by atoms with Gasteiger partial charge in [0.2, 0.25) is 5.88 Å². The molecule has 0 amide bonds. The first kappa shape index (κ1) is 11.6. The topological polar surface area (TPSA) is 75.5 Å². The van der Waals surface area contributed by atoms with Gasteiger partial charge in [-0.3, -0.25) is 4.79 Å². The van der Waals surface area contributed by atoms with Crippen LogP contribution >= 0.6 is 0 Å². The molecule has 1 aliphatic heterocycles. The third-order valence-corrected chi connectivity index (χ3v) is 3.09. The van der Waals surface area contributed by atoms with Gasteiger partial charge in [0.25, 0.3) is 0 Å². The van der Waals surface area contributed by atoms with E-state index in [1.807, 2.05) is 11.8 Å². The number of rotatable bonds is 3. The van der Waals surface area contributed by atoms with Crippen molar-refractivity contribution in [1.82, 2.24) is 9.97 Å². The second kappa shape index (κ2) is 4.57. The Morgan fingerprint density at radius 2 is 2.29 bits per heavy atom. The molecule has 92 valence electrons. The van der Waals surface area contributed by atoms with Gasteiger partial charge in [-0.15, -0.1) is 0 Å². The number of aliphatic carboxylic acids is 1. The number of nitrogens with zero attached hydrogens (tertiary/aromatic N) is 3. The van der Waals surface area contributed by atoms with Crippen LogP contribution in [0.4, 0.5) is 5.82 Å². The van der Waals surface area contributed by atoms with Crippen LogP contribution in [0.3, 0.4) is 0 Å². The number of carboxylic acid groups (broad SMARTS) is 1. The van der Waals surface area contributed by atoms with Gasteiger partial charge in [-0.1, -0.05) is 6.92 Å². The monoisotopic (exact) mass is 237 g/mol. The van der Waals surface area contributed by atoms with Crippen LogP contribution in [0, 0.1) is 11.8 Å². The second-order valence-electron chi connectivity index (χ2n) is 4.25. The first-order chi connectivity index (χ1) is 8.11. The summed E-state index contributed by atoms with van der Waals surface area (Å²) in [4.78, 5) is 21.0. The van der Waals surface area contributed by atoms with E-state index in [4.69, 9.17) is 9.84 Å². The maximum absolute atomic E-state index is 11.0. The molecule has 6 nitrogen and oxygen atoms in total. The Labute approximate surface area is 99.2 Å². The van der Waals surface area contributed by atoms with E-state index in [0.29, 0.717) is 24.8 Å². The van der Waals surface area contributed by atoms with Crippen LogP contribution in [-0.4, -0.2) is 41.2 Å². The maximum atomic E-state index is 11.0. The summed E-state index contributed by atoms with van der Waals surface area (Å²) in [6.07, 6.45) is 1.42. The predicted octanol–water partition coefficient (Wildman–Crippen LogP) is 0.642. The third kappa shape index (κ3) is 2.30. The zero-order valence-electron chi connectivity index (χ0n) is 9.83. The highest BCUT2D eigenvalue weighted by Gasteiger charge is 2.35. The lowest BCUT2D eigenvalue weighted by molar-refractivity contribution is -0.142. The second-order valence-corrected chi connectivity index (χ2v) is 4.25. The average Bonchev–Trinajstić information content (AvgIpc) is 2.71. The van der Waals surface area contributed by atoms with Crippen molar-refractivity contribution in [3.05, 3.63) is 12.4 Å². The highest BCUT2D eigenvalue weighted by molar-refractivity contribution is 5.72. The molecule has 1 aromatic heterocycles. The number of hydrogen-bond acceptors (Lipinski definition) is 5. The molecule has 2 rings (SSSR count). The molecule has 1 aromatic rings. The van der Waals surface area contributed by atoms with Crippen molar-refractivity contribution in [2.75, 3.05) is 25.1 Å². The predicted molar refractivity (Wildman–Crippen MR) is 61.1 cm³/mol. The van der Waals surface area contributed by atoms with E-state index < -0.39 is 5.97 Å². The van der Waals surface area contributed by atoms with Gasteiger partial charge in [-0.05, 0) is 5.92 Å². The standard InChI is InChI=1S/C11H15N3O3/c1-7-4-14(5-8(7)11(15)16)9-3-10(17-2)13-6-12-9/h3,6-8H,4-5H2,1-2H3,(H,15,16)/t7-,8-/m1/s1. The van der Waals surface area contributed by atoms with Crippen LogP contribution in [-0.2, 0) is 4.79 Å². The van der Waals surface area contributed by atoms with Gasteiger partial charge in [-0.2, -0.15) is 0 Å². The molecule has 2 atom stereocenters. The summed E-state index contributed by atoms with van der Waals surface area (Å²) in [5.74, 6) is 0.235. The Kier molecular flexibility index (Phi) is 3.12. The fourth-order valence-electron chi connectivity index (χ4n) is 2.09. The molecule has 0 aromatic carbocycles. The third-order valence-electron chi connectivity index (χ3n) is 3.09. The normalized spacial score (nSPS) is 23.8. The summed E-state index contributed by atoms with van der Waals surface area (Å²) in [5.41, 5.74) is 0. The van der Waals surface area contributed by atoms with Crippen molar-refractivity contribution < 1.29 is 14.6 Å². The molecule has 2 heterocycles. The van der Waals surface area contributed by atoms with Crippen LogP contribution in [0.5, 0.6) is 5.88 Å². The zero-order chi connectivity index (χ0) is 12.4.